The number of hydrogen-bond acceptors (Lipinski definition) is 0. The Morgan fingerprint density at radius 2 is 1.28 bits per heavy atom. The fourth-order valence-corrected chi connectivity index (χ4v) is 6.40. The van der Waals surface area contributed by atoms with Crippen molar-refractivity contribution in [2.45, 2.75) is 118 Å². The second-order valence-electron chi connectivity index (χ2n) is 9.89. The third kappa shape index (κ3) is 6.00. The summed E-state index contributed by atoms with van der Waals surface area (Å²) in [5.74, 6) is 7.00. The van der Waals surface area contributed by atoms with Gasteiger partial charge in [0.1, 0.15) is 0 Å². The van der Waals surface area contributed by atoms with Gasteiger partial charge in [0.15, 0.2) is 0 Å². The zero-order chi connectivity index (χ0) is 18.2. The summed E-state index contributed by atoms with van der Waals surface area (Å²) in [6, 6.07) is 0. The van der Waals surface area contributed by atoms with Crippen molar-refractivity contribution in [3.63, 3.8) is 0 Å². The van der Waals surface area contributed by atoms with Gasteiger partial charge in [-0.15, -0.1) is 0 Å². The Morgan fingerprint density at radius 1 is 0.680 bits per heavy atom. The lowest BCUT2D eigenvalue weighted by molar-refractivity contribution is 0.165. The van der Waals surface area contributed by atoms with E-state index in [1.54, 1.807) is 25.7 Å². The molecule has 5 atom stereocenters. The van der Waals surface area contributed by atoms with Gasteiger partial charge in [0.2, 0.25) is 0 Å². The Kier molecular flexibility index (Phi) is 9.36. The summed E-state index contributed by atoms with van der Waals surface area (Å²) >= 11 is 0. The first-order chi connectivity index (χ1) is 12.1. The number of rotatable bonds is 6. The molecule has 0 N–H and O–H groups in total. The molecule has 25 heavy (non-hydrogen) atoms. The third-order valence-corrected chi connectivity index (χ3v) is 8.74. The lowest BCUT2D eigenvalue weighted by atomic mass is 9.72. The van der Waals surface area contributed by atoms with Gasteiger partial charge in [-0.3, -0.25) is 0 Å². The van der Waals surface area contributed by atoms with E-state index in [4.69, 9.17) is 0 Å². The van der Waals surface area contributed by atoms with Crippen LogP contribution < -0.4 is 0 Å². The maximum atomic E-state index is 2.57. The fraction of sp³-hybridized carbons (Fsp3) is 1.00. The first kappa shape index (κ1) is 21.3. The summed E-state index contributed by atoms with van der Waals surface area (Å²) < 4.78 is 0. The molecule has 0 aromatic heterocycles. The smallest absolute Gasteiger partial charge is 0.0358 e. The molecule has 0 aromatic carbocycles. The summed E-state index contributed by atoms with van der Waals surface area (Å²) in [5, 5.41) is 0. The van der Waals surface area contributed by atoms with Gasteiger partial charge in [-0.1, -0.05) is 92.4 Å². The molecule has 2 saturated carbocycles. The van der Waals surface area contributed by atoms with Crippen molar-refractivity contribution in [2.24, 2.45) is 41.4 Å². The van der Waals surface area contributed by atoms with E-state index in [1.807, 2.05) is 0 Å². The second-order valence-corrected chi connectivity index (χ2v) is 9.89. The molecule has 148 valence electrons. The zero-order valence-corrected chi connectivity index (χ0v) is 18.2. The van der Waals surface area contributed by atoms with Gasteiger partial charge < -0.3 is 0 Å². The molecular formula is C25H48. The minimum Gasteiger partial charge on any atom is -0.0651 e. The van der Waals surface area contributed by atoms with E-state index in [0.29, 0.717) is 0 Å². The van der Waals surface area contributed by atoms with Gasteiger partial charge in [-0.2, -0.15) is 0 Å². The van der Waals surface area contributed by atoms with Gasteiger partial charge in [-0.05, 0) is 67.1 Å². The quantitative estimate of drug-likeness (QED) is 0.422. The predicted octanol–water partition coefficient (Wildman–Crippen LogP) is 8.50. The summed E-state index contributed by atoms with van der Waals surface area (Å²) in [5.41, 5.74) is 0. The van der Waals surface area contributed by atoms with Crippen molar-refractivity contribution in [2.75, 3.05) is 0 Å². The molecule has 2 aliphatic carbocycles. The van der Waals surface area contributed by atoms with Gasteiger partial charge in [0.25, 0.3) is 0 Å². The van der Waals surface area contributed by atoms with Crippen LogP contribution in [-0.4, -0.2) is 0 Å². The van der Waals surface area contributed by atoms with Crippen molar-refractivity contribution in [3.05, 3.63) is 0 Å². The van der Waals surface area contributed by atoms with E-state index in [0.717, 1.165) is 41.4 Å². The molecule has 0 saturated heterocycles. The lowest BCUT2D eigenvalue weighted by Crippen LogP contribution is -2.25. The second kappa shape index (κ2) is 11.0. The van der Waals surface area contributed by atoms with Gasteiger partial charge in [-0.25, -0.2) is 0 Å². The molecule has 2 fully saturated rings. The Balaban J connectivity index is 1.94. The summed E-state index contributed by atoms with van der Waals surface area (Å²) in [6.45, 7) is 12.3. The van der Waals surface area contributed by atoms with Crippen molar-refractivity contribution >= 4 is 0 Å². The molecule has 2 aliphatic rings. The van der Waals surface area contributed by atoms with Crippen LogP contribution >= 0.6 is 0 Å². The monoisotopic (exact) mass is 348 g/mol. The largest absolute Gasteiger partial charge is 0.0651 e. The summed E-state index contributed by atoms with van der Waals surface area (Å²) in [4.78, 5) is 0. The minimum atomic E-state index is 0.906. The van der Waals surface area contributed by atoms with Gasteiger partial charge in [0.05, 0.1) is 0 Å². The average molecular weight is 349 g/mol. The molecule has 0 spiro atoms. The zero-order valence-electron chi connectivity index (χ0n) is 18.2. The van der Waals surface area contributed by atoms with Crippen molar-refractivity contribution < 1.29 is 0 Å². The van der Waals surface area contributed by atoms with Gasteiger partial charge in [0, 0.05) is 0 Å². The molecule has 0 amide bonds. The third-order valence-electron chi connectivity index (χ3n) is 8.74. The first-order valence-electron chi connectivity index (χ1n) is 12.1. The van der Waals surface area contributed by atoms with Crippen LogP contribution in [0.1, 0.15) is 118 Å². The highest BCUT2D eigenvalue weighted by atomic mass is 14.4. The van der Waals surface area contributed by atoms with Crippen LogP contribution in [-0.2, 0) is 0 Å². The molecule has 0 radical (unpaired) electrons. The molecular weight excluding hydrogens is 300 g/mol. The fourth-order valence-electron chi connectivity index (χ4n) is 6.40. The van der Waals surface area contributed by atoms with E-state index >= 15 is 0 Å². The molecule has 5 unspecified atom stereocenters. The van der Waals surface area contributed by atoms with E-state index in [1.165, 1.54) is 57.8 Å². The maximum absolute atomic E-state index is 2.57. The van der Waals surface area contributed by atoms with E-state index < -0.39 is 0 Å². The van der Waals surface area contributed by atoms with Crippen LogP contribution in [0.2, 0.25) is 0 Å². The Labute approximate surface area is 159 Å². The normalized spacial score (nSPS) is 37.6. The maximum Gasteiger partial charge on any atom is -0.0358 e. The van der Waals surface area contributed by atoms with Crippen LogP contribution in [0.4, 0.5) is 0 Å². The van der Waals surface area contributed by atoms with Gasteiger partial charge >= 0.3 is 0 Å². The Bertz CT molecular complexity index is 336. The van der Waals surface area contributed by atoms with Crippen molar-refractivity contribution in [1.29, 1.82) is 0 Å². The predicted molar refractivity (Wildman–Crippen MR) is 113 cm³/mol. The molecule has 0 nitrogen and oxygen atoms in total. The number of hydrogen-bond donors (Lipinski definition) is 0. The molecule has 0 heteroatoms. The molecule has 0 bridgehead atoms. The lowest BCUT2D eigenvalue weighted by Gasteiger charge is -2.33. The highest BCUT2D eigenvalue weighted by Crippen LogP contribution is 2.44. The summed E-state index contributed by atoms with van der Waals surface area (Å²) in [7, 11) is 0. The van der Waals surface area contributed by atoms with E-state index in [2.05, 4.69) is 34.6 Å². The molecule has 2 rings (SSSR count). The minimum absolute atomic E-state index is 0.906. The Morgan fingerprint density at radius 3 is 1.84 bits per heavy atom. The Hall–Kier alpha value is 0. The van der Waals surface area contributed by atoms with Crippen LogP contribution in [0, 0.1) is 41.4 Å². The summed E-state index contributed by atoms with van der Waals surface area (Å²) in [6.07, 6.45) is 19.5. The standard InChI is InChI=1S/C25H48/c1-6-19(4)20(5)25-18-17-24(16-15-22(25)8-3)23-13-9-11-21(7-2)12-10-14-23/h19-25H,6-18H2,1-5H3. The average Bonchev–Trinajstić information content (AvgIpc) is 2.83. The van der Waals surface area contributed by atoms with Crippen molar-refractivity contribution in [1.82, 2.24) is 0 Å². The highest BCUT2D eigenvalue weighted by Gasteiger charge is 2.34. The van der Waals surface area contributed by atoms with Crippen LogP contribution in [0.25, 0.3) is 0 Å². The van der Waals surface area contributed by atoms with Crippen LogP contribution in [0.3, 0.4) is 0 Å². The highest BCUT2D eigenvalue weighted by molar-refractivity contribution is 4.84. The topological polar surface area (TPSA) is 0 Å². The molecule has 0 aromatic rings. The van der Waals surface area contributed by atoms with E-state index in [9.17, 15) is 0 Å². The van der Waals surface area contributed by atoms with Crippen LogP contribution in [0.15, 0.2) is 0 Å². The molecule has 0 heterocycles. The van der Waals surface area contributed by atoms with Crippen LogP contribution in [0.5, 0.6) is 0 Å². The molecule has 0 aliphatic heterocycles. The van der Waals surface area contributed by atoms with E-state index in [-0.39, 0.29) is 0 Å². The first-order valence-corrected chi connectivity index (χ1v) is 12.1. The SMILES string of the molecule is CCC1CCCC(C2CCC(CC)C(C(C)C(C)CC)CC2)CCC1. The van der Waals surface area contributed by atoms with Crippen molar-refractivity contribution in [3.8, 4) is 0 Å².